The molecule has 0 fully saturated rings. The van der Waals surface area contributed by atoms with Crippen molar-refractivity contribution in [3.8, 4) is 10.6 Å². The molecule has 1 atom stereocenters. The Balaban J connectivity index is 1.67. The molecule has 7 heteroatoms. The monoisotopic (exact) mass is 384 g/mol. The van der Waals surface area contributed by atoms with Crippen molar-refractivity contribution in [3.05, 3.63) is 48.0 Å². The van der Waals surface area contributed by atoms with Crippen LogP contribution in [-0.2, 0) is 19.1 Å². The minimum atomic E-state index is -0.903. The number of fused-ring (bicyclic) bond motifs is 1. The van der Waals surface area contributed by atoms with E-state index in [1.807, 2.05) is 24.3 Å². The minimum Gasteiger partial charge on any atom is -0.451 e. The van der Waals surface area contributed by atoms with Crippen LogP contribution in [0.15, 0.2) is 42.5 Å². The standard InChI is InChI=1S/C20H20N2O4S/c1-12-4-9-16-17(10-12)27-20(22-16)14-5-7-15(8-6-14)21-19(24)13(2)26-18(23)11-25-3/h4-10,13H,11H2,1-3H3,(H,21,24)/t13-/m0/s1. The van der Waals surface area contributed by atoms with Crippen LogP contribution in [-0.4, -0.2) is 36.7 Å². The van der Waals surface area contributed by atoms with Crippen LogP contribution in [0.1, 0.15) is 12.5 Å². The fraction of sp³-hybridized carbons (Fsp3) is 0.250. The Hall–Kier alpha value is -2.77. The van der Waals surface area contributed by atoms with Gasteiger partial charge in [0.1, 0.15) is 11.6 Å². The van der Waals surface area contributed by atoms with Gasteiger partial charge in [0.25, 0.3) is 5.91 Å². The molecule has 2 aromatic carbocycles. The maximum absolute atomic E-state index is 12.1. The van der Waals surface area contributed by atoms with Crippen LogP contribution in [0, 0.1) is 6.92 Å². The van der Waals surface area contributed by atoms with E-state index >= 15 is 0 Å². The summed E-state index contributed by atoms with van der Waals surface area (Å²) in [6.07, 6.45) is -0.903. The van der Waals surface area contributed by atoms with Gasteiger partial charge in [-0.25, -0.2) is 9.78 Å². The van der Waals surface area contributed by atoms with Gasteiger partial charge in [-0.15, -0.1) is 11.3 Å². The second kappa shape index (κ2) is 8.28. The zero-order valence-corrected chi connectivity index (χ0v) is 16.1. The number of carbonyl (C=O) groups is 2. The molecule has 0 aliphatic heterocycles. The Bertz CT molecular complexity index is 966. The molecule has 1 heterocycles. The number of anilines is 1. The van der Waals surface area contributed by atoms with Crippen LogP contribution in [0.2, 0.25) is 0 Å². The number of aryl methyl sites for hydroxylation is 1. The Kier molecular flexibility index (Phi) is 5.83. The molecule has 6 nitrogen and oxygen atoms in total. The molecule has 1 aromatic heterocycles. The van der Waals surface area contributed by atoms with Gasteiger partial charge in [0.15, 0.2) is 6.10 Å². The van der Waals surface area contributed by atoms with Gasteiger partial charge < -0.3 is 14.8 Å². The first-order valence-electron chi connectivity index (χ1n) is 8.43. The summed E-state index contributed by atoms with van der Waals surface area (Å²) in [4.78, 5) is 28.1. The summed E-state index contributed by atoms with van der Waals surface area (Å²) in [5, 5.41) is 3.65. The highest BCUT2D eigenvalue weighted by Crippen LogP contribution is 2.31. The molecule has 140 valence electrons. The van der Waals surface area contributed by atoms with Crippen molar-refractivity contribution < 1.29 is 19.1 Å². The number of hydrogen-bond acceptors (Lipinski definition) is 6. The predicted octanol–water partition coefficient (Wildman–Crippen LogP) is 3.79. The maximum Gasteiger partial charge on any atom is 0.332 e. The third-order valence-corrected chi connectivity index (χ3v) is 4.95. The van der Waals surface area contributed by atoms with Gasteiger partial charge in [0.05, 0.1) is 10.2 Å². The molecule has 0 spiro atoms. The molecule has 0 aliphatic carbocycles. The van der Waals surface area contributed by atoms with E-state index in [4.69, 9.17) is 4.74 Å². The molecule has 0 radical (unpaired) electrons. The number of nitrogens with one attached hydrogen (secondary N) is 1. The van der Waals surface area contributed by atoms with Crippen LogP contribution >= 0.6 is 11.3 Å². The fourth-order valence-corrected chi connectivity index (χ4v) is 3.57. The average Bonchev–Trinajstić information content (AvgIpc) is 3.05. The third-order valence-electron chi connectivity index (χ3n) is 3.88. The SMILES string of the molecule is COCC(=O)O[C@@H](C)C(=O)Nc1ccc(-c2nc3ccc(C)cc3s2)cc1. The number of ether oxygens (including phenoxy) is 2. The molecule has 0 aliphatic rings. The Labute approximate surface area is 161 Å². The molecule has 0 unspecified atom stereocenters. The Morgan fingerprint density at radius 1 is 1.19 bits per heavy atom. The van der Waals surface area contributed by atoms with Gasteiger partial charge in [0.2, 0.25) is 0 Å². The first kappa shape index (κ1) is 19.0. The van der Waals surface area contributed by atoms with E-state index in [0.29, 0.717) is 5.69 Å². The Morgan fingerprint density at radius 3 is 2.63 bits per heavy atom. The molecule has 1 N–H and O–H groups in total. The van der Waals surface area contributed by atoms with Gasteiger partial charge in [-0.2, -0.15) is 0 Å². The van der Waals surface area contributed by atoms with Crippen molar-refractivity contribution in [2.24, 2.45) is 0 Å². The first-order chi connectivity index (χ1) is 13.0. The summed E-state index contributed by atoms with van der Waals surface area (Å²) in [5.41, 5.74) is 3.78. The van der Waals surface area contributed by atoms with Crippen LogP contribution in [0.3, 0.4) is 0 Å². The van der Waals surface area contributed by atoms with Gasteiger partial charge in [0, 0.05) is 18.4 Å². The number of thiazole rings is 1. The number of rotatable bonds is 6. The van der Waals surface area contributed by atoms with Gasteiger partial charge in [-0.3, -0.25) is 4.79 Å². The van der Waals surface area contributed by atoms with Gasteiger partial charge in [-0.05, 0) is 55.8 Å². The molecular weight excluding hydrogens is 364 g/mol. The van der Waals surface area contributed by atoms with Crippen molar-refractivity contribution >= 4 is 39.1 Å². The van der Waals surface area contributed by atoms with Gasteiger partial charge >= 0.3 is 5.97 Å². The van der Waals surface area contributed by atoms with E-state index in [9.17, 15) is 9.59 Å². The second-order valence-corrected chi connectivity index (χ2v) is 7.15. The van der Waals surface area contributed by atoms with E-state index < -0.39 is 18.0 Å². The van der Waals surface area contributed by atoms with Crippen LogP contribution in [0.5, 0.6) is 0 Å². The molecule has 3 aromatic rings. The van der Waals surface area contributed by atoms with Crippen molar-refractivity contribution in [2.75, 3.05) is 19.0 Å². The number of benzene rings is 2. The van der Waals surface area contributed by atoms with E-state index in [-0.39, 0.29) is 6.61 Å². The first-order valence-corrected chi connectivity index (χ1v) is 9.25. The highest BCUT2D eigenvalue weighted by molar-refractivity contribution is 7.21. The number of hydrogen-bond donors (Lipinski definition) is 1. The lowest BCUT2D eigenvalue weighted by atomic mass is 10.2. The quantitative estimate of drug-likeness (QED) is 0.654. The fourth-order valence-electron chi connectivity index (χ4n) is 2.50. The number of methoxy groups -OCH3 is 1. The zero-order valence-electron chi connectivity index (χ0n) is 15.3. The number of esters is 1. The summed E-state index contributed by atoms with van der Waals surface area (Å²) in [5.74, 6) is -0.982. The Morgan fingerprint density at radius 2 is 1.93 bits per heavy atom. The topological polar surface area (TPSA) is 77.5 Å². The molecule has 0 bridgehead atoms. The van der Waals surface area contributed by atoms with Crippen molar-refractivity contribution in [1.82, 2.24) is 4.98 Å². The van der Waals surface area contributed by atoms with Crippen LogP contribution in [0.25, 0.3) is 20.8 Å². The number of amides is 1. The van der Waals surface area contributed by atoms with E-state index in [0.717, 1.165) is 20.8 Å². The van der Waals surface area contributed by atoms with E-state index in [1.54, 1.807) is 23.5 Å². The van der Waals surface area contributed by atoms with E-state index in [1.165, 1.54) is 19.6 Å². The maximum atomic E-state index is 12.1. The van der Waals surface area contributed by atoms with Crippen LogP contribution < -0.4 is 5.32 Å². The molecule has 0 saturated carbocycles. The average molecular weight is 384 g/mol. The lowest BCUT2D eigenvalue weighted by Gasteiger charge is -2.13. The van der Waals surface area contributed by atoms with Crippen molar-refractivity contribution in [1.29, 1.82) is 0 Å². The lowest BCUT2D eigenvalue weighted by Crippen LogP contribution is -2.31. The highest BCUT2D eigenvalue weighted by Gasteiger charge is 2.17. The molecule has 27 heavy (non-hydrogen) atoms. The summed E-state index contributed by atoms with van der Waals surface area (Å²) >= 11 is 1.63. The van der Waals surface area contributed by atoms with Crippen molar-refractivity contribution in [2.45, 2.75) is 20.0 Å². The molecule has 3 rings (SSSR count). The summed E-state index contributed by atoms with van der Waals surface area (Å²) in [7, 11) is 1.39. The molecule has 1 amide bonds. The molecular formula is C20H20N2O4S. The number of carbonyl (C=O) groups excluding carboxylic acids is 2. The third kappa shape index (κ3) is 4.69. The lowest BCUT2D eigenvalue weighted by molar-refractivity contribution is -0.156. The second-order valence-electron chi connectivity index (χ2n) is 6.12. The molecule has 0 saturated heterocycles. The summed E-state index contributed by atoms with van der Waals surface area (Å²) in [6, 6.07) is 13.6. The summed E-state index contributed by atoms with van der Waals surface area (Å²) in [6.45, 7) is 3.39. The predicted molar refractivity (Wildman–Crippen MR) is 106 cm³/mol. The summed E-state index contributed by atoms with van der Waals surface area (Å²) < 4.78 is 10.8. The van der Waals surface area contributed by atoms with Gasteiger partial charge in [-0.1, -0.05) is 6.07 Å². The minimum absolute atomic E-state index is 0.186. The largest absolute Gasteiger partial charge is 0.451 e. The smallest absolute Gasteiger partial charge is 0.332 e. The van der Waals surface area contributed by atoms with Crippen LogP contribution in [0.4, 0.5) is 5.69 Å². The zero-order chi connectivity index (χ0) is 19.4. The number of aromatic nitrogens is 1. The van der Waals surface area contributed by atoms with Crippen molar-refractivity contribution in [3.63, 3.8) is 0 Å². The van der Waals surface area contributed by atoms with E-state index in [2.05, 4.69) is 28.0 Å². The number of nitrogens with zero attached hydrogens (tertiary/aromatic N) is 1. The normalized spacial score (nSPS) is 12.0. The highest BCUT2D eigenvalue weighted by atomic mass is 32.1.